The number of carbonyl (C=O) groups is 5. The second-order valence-electron chi connectivity index (χ2n) is 36.1. The molecule has 5 fully saturated rings. The number of nitrogens with zero attached hydrogens (tertiary/aromatic N) is 17. The maximum absolute atomic E-state index is 12.8. The number of benzene rings is 6. The van der Waals surface area contributed by atoms with Gasteiger partial charge in [-0.3, -0.25) is 5.32 Å². The molecule has 0 saturated carbocycles. The van der Waals surface area contributed by atoms with E-state index < -0.39 is 0 Å². The smallest absolute Gasteiger partial charge is 0.324 e. The van der Waals surface area contributed by atoms with Crippen molar-refractivity contribution < 1.29 is 38.6 Å². The predicted molar refractivity (Wildman–Crippen MR) is 571 cm³/mol. The molecule has 18 rings (SSSR count). The van der Waals surface area contributed by atoms with Gasteiger partial charge in [0.1, 0.15) is 52.9 Å². The van der Waals surface area contributed by atoms with Gasteiger partial charge in [-0.2, -0.15) is 9.36 Å². The normalized spacial score (nSPS) is 17.4. The molecule has 10 amide bonds. The lowest BCUT2D eigenvalue weighted by Crippen LogP contribution is -2.58. The first-order valence-corrected chi connectivity index (χ1v) is 50.4. The highest BCUT2D eigenvalue weighted by Crippen LogP contribution is 2.35. The molecule has 12 aromatic rings. The molecule has 6 aliphatic rings. The van der Waals surface area contributed by atoms with E-state index in [4.69, 9.17) is 67.5 Å². The average Bonchev–Trinajstić information content (AvgIpc) is 1.52. The number of ether oxygens (including phenoxy) is 2. The molecule has 0 radical (unpaired) electrons. The zero-order valence-corrected chi connectivity index (χ0v) is 85.3. The first kappa shape index (κ1) is 105. The van der Waals surface area contributed by atoms with Crippen molar-refractivity contribution >= 4 is 151 Å². The number of hydrogen-bond donors (Lipinski definition) is 6. The summed E-state index contributed by atoms with van der Waals surface area (Å²) in [6, 6.07) is 69.4. The van der Waals surface area contributed by atoms with Crippen molar-refractivity contribution in [3.05, 3.63) is 303 Å². The summed E-state index contributed by atoms with van der Waals surface area (Å²) in [5, 5.41) is 28.3. The minimum Gasteiger partial charge on any atom is -0.489 e. The number of aliphatic hydroxyl groups is 1. The molecule has 6 aromatic carbocycles. The zero-order valence-electron chi connectivity index (χ0n) is 80.7. The number of hydrogen-bond acceptors (Lipinski definition) is 21. The summed E-state index contributed by atoms with van der Waals surface area (Å²) in [6.07, 6.45) is 16.9. The van der Waals surface area contributed by atoms with Crippen molar-refractivity contribution in [1.82, 2.24) is 64.1 Å². The molecule has 30 nitrogen and oxygen atoms in total. The van der Waals surface area contributed by atoms with Gasteiger partial charge in [-0.05, 0) is 210 Å². The van der Waals surface area contributed by atoms with Crippen LogP contribution in [0.4, 0.5) is 75.3 Å². The van der Waals surface area contributed by atoms with E-state index in [1.165, 1.54) is 48.4 Å². The van der Waals surface area contributed by atoms with Crippen LogP contribution in [-0.2, 0) is 12.0 Å². The largest absolute Gasteiger partial charge is 0.489 e. The maximum Gasteiger partial charge on any atom is 0.324 e. The lowest BCUT2D eigenvalue weighted by Gasteiger charge is -2.41. The van der Waals surface area contributed by atoms with Gasteiger partial charge in [-0.25, -0.2) is 48.9 Å². The van der Waals surface area contributed by atoms with E-state index in [0.29, 0.717) is 139 Å². The van der Waals surface area contributed by atoms with Gasteiger partial charge in [0.25, 0.3) is 0 Å². The van der Waals surface area contributed by atoms with Crippen LogP contribution in [-0.4, -0.2) is 236 Å². The van der Waals surface area contributed by atoms with Crippen molar-refractivity contribution in [2.45, 2.75) is 123 Å². The number of aliphatic hydroxyl groups excluding tert-OH is 1. The van der Waals surface area contributed by atoms with Crippen molar-refractivity contribution in [1.29, 1.82) is 0 Å². The fourth-order valence-electron chi connectivity index (χ4n) is 17.3. The highest BCUT2D eigenvalue weighted by molar-refractivity contribution is 7.10. The van der Waals surface area contributed by atoms with Crippen LogP contribution in [0, 0.1) is 0 Å². The Balaban J connectivity index is 0.000000141. The number of amides is 10. The lowest BCUT2D eigenvalue weighted by atomic mass is 9.87. The third kappa shape index (κ3) is 29.5. The number of piperazine rings is 5. The number of urea groups is 5. The van der Waals surface area contributed by atoms with Crippen molar-refractivity contribution in [3.63, 3.8) is 0 Å². The Bertz CT molecular complexity index is 6130. The molecule has 1 aliphatic carbocycles. The number of rotatable bonds is 19. The molecule has 11 heterocycles. The van der Waals surface area contributed by atoms with Crippen LogP contribution in [0.5, 0.6) is 17.2 Å². The summed E-state index contributed by atoms with van der Waals surface area (Å²) in [5.41, 5.74) is 7.00. The predicted octanol–water partition coefficient (Wildman–Crippen LogP) is 21.9. The topological polar surface area (TPSA) is 307 Å². The first-order chi connectivity index (χ1) is 68.7. The number of nitrogens with one attached hydrogen (secondary N) is 5. The quantitative estimate of drug-likeness (QED) is 0.0410. The Morgan fingerprint density at radius 1 is 0.408 bits per heavy atom. The molecule has 36 heteroatoms. The van der Waals surface area contributed by atoms with Crippen molar-refractivity contribution in [2.24, 2.45) is 0 Å². The Hall–Kier alpha value is -13.3. The fraction of sp³-hybridized carbons (Fsp3) is 0.340. The van der Waals surface area contributed by atoms with Crippen LogP contribution in [0.25, 0.3) is 11.4 Å². The first-order valence-electron chi connectivity index (χ1n) is 47.8. The number of carbonyl (C=O) groups excluding carboxylic acids is 5. The Kier molecular flexibility index (Phi) is 37.9. The summed E-state index contributed by atoms with van der Waals surface area (Å²) >= 11 is 32.5. The Morgan fingerprint density at radius 3 is 1.17 bits per heavy atom. The molecule has 5 aliphatic heterocycles. The SMILES string of the molecule is CC(C)(C)c1ccc(NC(=O)N2CCN(c3ncccc3Cl)C[C@@H]2CO)cc1.C[C@@H]1CN(c2ncccc2Cl)CCN1C(=O)NCCC1=CCCCC1.C[C@@H]1CN(c2ncccc2Cl)CCN1C(=O)Nc1ccc(OCc2ccccc2)cc1.C[C@@H]1CN(c2ncccc2Cl)CCN1C(=O)Nc1ccc(Oc2ccccc2)cc1.C[C@@H]1CN(c2ncccc2Cl)CCN1C(=O)Nc1nc(-c2ccccc2)ns1. The molecule has 0 bridgehead atoms. The van der Waals surface area contributed by atoms with E-state index in [2.05, 4.69) is 114 Å². The van der Waals surface area contributed by atoms with Crippen LogP contribution in [0.15, 0.2) is 267 Å². The molecule has 6 aromatic heterocycles. The minimum absolute atomic E-state index is 0.00772. The average molecular weight is 2040 g/mol. The van der Waals surface area contributed by atoms with Gasteiger partial charge in [-0.1, -0.05) is 181 Å². The van der Waals surface area contributed by atoms with Gasteiger partial charge in [0.05, 0.1) is 37.8 Å². The standard InChI is InChI=1S/C24H25ClN4O2.C23H23ClN4O2.C21H27ClN4O2.C19H19ClN6OS.C19H27ClN4O/c1-18-16-28(23-22(25)8-5-13-26-23)14-15-29(18)24(30)27-20-9-11-21(12-10-20)31-17-19-6-3-2-4-7-19;1-17-16-27(22-21(24)8-5-13-25-22)14-15-28(17)23(29)26-18-9-11-20(12-10-18)30-19-6-3-2-4-7-19;1-21(2,3)15-6-8-16(9-7-15)24-20(28)26-12-11-25(13-17(26)14-27)19-18(22)5-4-10-23-19;1-13-12-25(17-15(20)8-5-9-21-17)10-11-26(13)19(27)23-18-22-16(24-28-18)14-6-3-2-4-7-14;1-15-14-23(18-17(20)8-5-10-21-18)12-13-24(15)19(25)22-11-9-16-6-3-2-4-7-16/h2-13,18H,14-17H2,1H3,(H,27,30);2-13,17H,14-16H2,1H3,(H,26,29);4-10,17,27H,11-14H2,1-3H3,(H,24,28);2-9,13H,10-12H2,1H3,(H,22,23,24,27);5-6,8,10,15H,2-4,7,9,11-14H2,1H3,(H,22,25)/t18-;2*17-;13-;15-/m11111/s1. The summed E-state index contributed by atoms with van der Waals surface area (Å²) < 4.78 is 15.9. The van der Waals surface area contributed by atoms with Crippen LogP contribution >= 0.6 is 69.5 Å². The summed E-state index contributed by atoms with van der Waals surface area (Å²) in [6.45, 7) is 25.2. The van der Waals surface area contributed by atoms with Gasteiger partial charge in [0.15, 0.2) is 5.82 Å². The number of para-hydroxylation sites is 1. The highest BCUT2D eigenvalue weighted by atomic mass is 35.5. The maximum atomic E-state index is 12.8. The molecule has 5 atom stereocenters. The van der Waals surface area contributed by atoms with Gasteiger partial charge in [0.2, 0.25) is 5.13 Å². The zero-order chi connectivity index (χ0) is 100. The van der Waals surface area contributed by atoms with Crippen molar-refractivity contribution in [2.75, 3.05) is 157 Å². The minimum atomic E-state index is -0.333. The molecule has 142 heavy (non-hydrogen) atoms. The Labute approximate surface area is 859 Å². The van der Waals surface area contributed by atoms with Gasteiger partial charge in [-0.15, -0.1) is 0 Å². The number of anilines is 9. The number of aromatic nitrogens is 7. The monoisotopic (exact) mass is 2040 g/mol. The van der Waals surface area contributed by atoms with E-state index in [1.807, 2.05) is 253 Å². The fourth-order valence-corrected chi connectivity index (χ4v) is 19.1. The van der Waals surface area contributed by atoms with Gasteiger partial charge < -0.3 is 84.8 Å². The van der Waals surface area contributed by atoms with Crippen LogP contribution < -0.4 is 60.6 Å². The highest BCUT2D eigenvalue weighted by Gasteiger charge is 2.36. The molecule has 744 valence electrons. The molecular weight excluding hydrogens is 1920 g/mol. The molecule has 0 spiro atoms. The molecule has 0 unspecified atom stereocenters. The van der Waals surface area contributed by atoms with Crippen LogP contribution in [0.2, 0.25) is 25.1 Å². The summed E-state index contributed by atoms with van der Waals surface area (Å²) in [4.78, 5) is 109. The molecule has 5 saturated heterocycles. The van der Waals surface area contributed by atoms with Gasteiger partial charge >= 0.3 is 30.2 Å². The van der Waals surface area contributed by atoms with E-state index in [-0.39, 0.29) is 72.4 Å². The Morgan fingerprint density at radius 2 is 0.775 bits per heavy atom. The van der Waals surface area contributed by atoms with Crippen LogP contribution in [0.3, 0.4) is 0 Å². The second kappa shape index (κ2) is 51.4. The van der Waals surface area contributed by atoms with Crippen LogP contribution in [0.1, 0.15) is 91.7 Å². The number of pyridine rings is 5. The molecular formula is C106H121Cl5N22O8S. The van der Waals surface area contributed by atoms with E-state index in [0.717, 1.165) is 89.0 Å². The van der Waals surface area contributed by atoms with Crippen molar-refractivity contribution in [3.8, 4) is 28.6 Å². The number of halogens is 5. The third-order valence-electron chi connectivity index (χ3n) is 24.9. The van der Waals surface area contributed by atoms with E-state index in [1.54, 1.807) is 52.9 Å². The summed E-state index contributed by atoms with van der Waals surface area (Å²) in [5.74, 6) is 6.64. The summed E-state index contributed by atoms with van der Waals surface area (Å²) in [7, 11) is 0. The third-order valence-corrected chi connectivity index (χ3v) is 27.0. The molecule has 6 N–H and O–H groups in total. The lowest BCUT2D eigenvalue weighted by molar-refractivity contribution is 0.132. The van der Waals surface area contributed by atoms with Gasteiger partial charge in [0, 0.05) is 194 Å². The van der Waals surface area contributed by atoms with E-state index in [9.17, 15) is 29.1 Å². The van der Waals surface area contributed by atoms with E-state index >= 15 is 0 Å². The number of allylic oxidation sites excluding steroid dienone is 1. The second-order valence-corrected chi connectivity index (χ2v) is 38.9.